The standard InChI is InChI=1S/C16H26N2O2.ClH/c1-3-19-14-4-6-15(7-5-14)20-11-10-18-9-8-16(2,12-17)13-18;/h4-7H,3,8-13,17H2,1-2H3;1H. The Balaban J connectivity index is 0.00000220. The summed E-state index contributed by atoms with van der Waals surface area (Å²) < 4.78 is 11.2. The number of hydrogen-bond acceptors (Lipinski definition) is 4. The van der Waals surface area contributed by atoms with Crippen LogP contribution < -0.4 is 15.2 Å². The minimum atomic E-state index is 0. The van der Waals surface area contributed by atoms with Gasteiger partial charge in [0.2, 0.25) is 0 Å². The fourth-order valence-electron chi connectivity index (χ4n) is 2.57. The first kappa shape index (κ1) is 18.1. The summed E-state index contributed by atoms with van der Waals surface area (Å²) in [6.07, 6.45) is 1.19. The third-order valence-electron chi connectivity index (χ3n) is 3.94. The quantitative estimate of drug-likeness (QED) is 0.840. The molecule has 1 unspecified atom stereocenters. The molecule has 5 heteroatoms. The molecule has 1 aliphatic heterocycles. The Kier molecular flexibility index (Phi) is 7.29. The number of likely N-dealkylation sites (tertiary alicyclic amines) is 1. The molecular formula is C16H27ClN2O2. The van der Waals surface area contributed by atoms with Crippen LogP contribution in [0.4, 0.5) is 0 Å². The van der Waals surface area contributed by atoms with E-state index in [0.717, 1.165) is 37.7 Å². The SMILES string of the molecule is CCOc1ccc(OCCN2CCC(C)(CN)C2)cc1.Cl. The highest BCUT2D eigenvalue weighted by Crippen LogP contribution is 2.28. The van der Waals surface area contributed by atoms with E-state index in [9.17, 15) is 0 Å². The van der Waals surface area contributed by atoms with Gasteiger partial charge in [-0.15, -0.1) is 12.4 Å². The lowest BCUT2D eigenvalue weighted by molar-refractivity contribution is 0.219. The molecule has 0 spiro atoms. The van der Waals surface area contributed by atoms with Gasteiger partial charge in [-0.3, -0.25) is 4.90 Å². The van der Waals surface area contributed by atoms with Gasteiger partial charge < -0.3 is 15.2 Å². The Hall–Kier alpha value is -0.970. The van der Waals surface area contributed by atoms with E-state index in [-0.39, 0.29) is 12.4 Å². The van der Waals surface area contributed by atoms with Gasteiger partial charge in [0.15, 0.2) is 0 Å². The second-order valence-corrected chi connectivity index (χ2v) is 5.79. The molecule has 21 heavy (non-hydrogen) atoms. The lowest BCUT2D eigenvalue weighted by Crippen LogP contribution is -2.33. The fourth-order valence-corrected chi connectivity index (χ4v) is 2.57. The summed E-state index contributed by atoms with van der Waals surface area (Å²) in [6.45, 7) is 9.59. The molecular weight excluding hydrogens is 288 g/mol. The van der Waals surface area contributed by atoms with E-state index < -0.39 is 0 Å². The van der Waals surface area contributed by atoms with Crippen LogP contribution in [-0.4, -0.2) is 44.3 Å². The molecule has 120 valence electrons. The van der Waals surface area contributed by atoms with Gasteiger partial charge in [-0.25, -0.2) is 0 Å². The van der Waals surface area contributed by atoms with E-state index in [1.54, 1.807) is 0 Å². The van der Waals surface area contributed by atoms with Crippen molar-refractivity contribution in [1.82, 2.24) is 4.90 Å². The molecule has 0 radical (unpaired) electrons. The van der Waals surface area contributed by atoms with Crippen molar-refractivity contribution in [2.45, 2.75) is 20.3 Å². The van der Waals surface area contributed by atoms with E-state index >= 15 is 0 Å². The molecule has 1 saturated heterocycles. The van der Waals surface area contributed by atoms with Crippen LogP contribution in [-0.2, 0) is 0 Å². The first-order valence-electron chi connectivity index (χ1n) is 7.43. The molecule has 0 aliphatic carbocycles. The number of ether oxygens (including phenoxy) is 2. The molecule has 1 aromatic rings. The summed E-state index contributed by atoms with van der Waals surface area (Å²) in [7, 11) is 0. The van der Waals surface area contributed by atoms with Gasteiger partial charge in [0.1, 0.15) is 18.1 Å². The highest BCUT2D eigenvalue weighted by molar-refractivity contribution is 5.85. The fraction of sp³-hybridized carbons (Fsp3) is 0.625. The van der Waals surface area contributed by atoms with Crippen molar-refractivity contribution in [2.75, 3.05) is 39.4 Å². The number of benzene rings is 1. The minimum absolute atomic E-state index is 0. The van der Waals surface area contributed by atoms with Crippen molar-refractivity contribution in [3.63, 3.8) is 0 Å². The van der Waals surface area contributed by atoms with Crippen LogP contribution in [0.1, 0.15) is 20.3 Å². The zero-order valence-corrected chi connectivity index (χ0v) is 13.8. The molecule has 1 aliphatic rings. The first-order valence-corrected chi connectivity index (χ1v) is 7.43. The molecule has 1 fully saturated rings. The van der Waals surface area contributed by atoms with Gasteiger partial charge >= 0.3 is 0 Å². The van der Waals surface area contributed by atoms with Crippen LogP contribution in [0, 0.1) is 5.41 Å². The molecule has 2 rings (SSSR count). The highest BCUT2D eigenvalue weighted by atomic mass is 35.5. The summed E-state index contributed by atoms with van der Waals surface area (Å²) in [5.41, 5.74) is 6.11. The van der Waals surface area contributed by atoms with Crippen LogP contribution in [0.2, 0.25) is 0 Å². The number of nitrogens with zero attached hydrogens (tertiary/aromatic N) is 1. The first-order chi connectivity index (χ1) is 9.65. The summed E-state index contributed by atoms with van der Waals surface area (Å²) >= 11 is 0. The van der Waals surface area contributed by atoms with E-state index in [2.05, 4.69) is 11.8 Å². The normalized spacial score (nSPS) is 21.9. The van der Waals surface area contributed by atoms with Crippen LogP contribution in [0.25, 0.3) is 0 Å². The molecule has 1 aromatic carbocycles. The Morgan fingerprint density at radius 3 is 2.33 bits per heavy atom. The van der Waals surface area contributed by atoms with E-state index in [1.807, 2.05) is 31.2 Å². The third kappa shape index (κ3) is 5.38. The predicted octanol–water partition coefficient (Wildman–Crippen LogP) is 2.56. The Labute approximate surface area is 134 Å². The predicted molar refractivity (Wildman–Crippen MR) is 88.6 cm³/mol. The van der Waals surface area contributed by atoms with Crippen molar-refractivity contribution in [1.29, 1.82) is 0 Å². The van der Waals surface area contributed by atoms with Gasteiger partial charge in [0, 0.05) is 13.1 Å². The number of rotatable bonds is 7. The van der Waals surface area contributed by atoms with E-state index in [4.69, 9.17) is 15.2 Å². The maximum Gasteiger partial charge on any atom is 0.119 e. The molecule has 0 saturated carbocycles. The lowest BCUT2D eigenvalue weighted by Gasteiger charge is -2.22. The molecule has 0 amide bonds. The van der Waals surface area contributed by atoms with E-state index in [0.29, 0.717) is 18.6 Å². The Morgan fingerprint density at radius 2 is 1.81 bits per heavy atom. The topological polar surface area (TPSA) is 47.7 Å². The average molecular weight is 315 g/mol. The third-order valence-corrected chi connectivity index (χ3v) is 3.94. The number of hydrogen-bond donors (Lipinski definition) is 1. The maximum atomic E-state index is 5.82. The molecule has 1 atom stereocenters. The van der Waals surface area contributed by atoms with Gasteiger partial charge in [-0.1, -0.05) is 6.92 Å². The maximum absolute atomic E-state index is 5.82. The van der Waals surface area contributed by atoms with Crippen molar-refractivity contribution < 1.29 is 9.47 Å². The highest BCUT2D eigenvalue weighted by Gasteiger charge is 2.31. The lowest BCUT2D eigenvalue weighted by atomic mass is 9.90. The monoisotopic (exact) mass is 314 g/mol. The minimum Gasteiger partial charge on any atom is -0.494 e. The molecule has 4 nitrogen and oxygen atoms in total. The van der Waals surface area contributed by atoms with Gasteiger partial charge in [-0.05, 0) is 56.1 Å². The van der Waals surface area contributed by atoms with Gasteiger partial charge in [0.05, 0.1) is 6.61 Å². The second kappa shape index (κ2) is 8.47. The number of nitrogens with two attached hydrogens (primary N) is 1. The molecule has 0 aromatic heterocycles. The van der Waals surface area contributed by atoms with Gasteiger partial charge in [0.25, 0.3) is 0 Å². The molecule has 0 bridgehead atoms. The van der Waals surface area contributed by atoms with Crippen molar-refractivity contribution in [3.8, 4) is 11.5 Å². The molecule has 2 N–H and O–H groups in total. The summed E-state index contributed by atoms with van der Waals surface area (Å²) in [6, 6.07) is 7.80. The van der Waals surface area contributed by atoms with Crippen LogP contribution >= 0.6 is 12.4 Å². The van der Waals surface area contributed by atoms with Crippen molar-refractivity contribution >= 4 is 12.4 Å². The summed E-state index contributed by atoms with van der Waals surface area (Å²) in [5.74, 6) is 1.78. The van der Waals surface area contributed by atoms with Crippen LogP contribution in [0.3, 0.4) is 0 Å². The zero-order valence-electron chi connectivity index (χ0n) is 13.0. The number of halogens is 1. The molecule has 1 heterocycles. The largest absolute Gasteiger partial charge is 0.494 e. The van der Waals surface area contributed by atoms with Crippen molar-refractivity contribution in [2.24, 2.45) is 11.1 Å². The second-order valence-electron chi connectivity index (χ2n) is 5.79. The van der Waals surface area contributed by atoms with Crippen LogP contribution in [0.15, 0.2) is 24.3 Å². The Morgan fingerprint density at radius 1 is 1.19 bits per heavy atom. The van der Waals surface area contributed by atoms with Crippen LogP contribution in [0.5, 0.6) is 11.5 Å². The smallest absolute Gasteiger partial charge is 0.119 e. The average Bonchev–Trinajstić information content (AvgIpc) is 2.84. The zero-order chi connectivity index (χ0) is 14.4. The summed E-state index contributed by atoms with van der Waals surface area (Å²) in [5, 5.41) is 0. The Bertz CT molecular complexity index is 413. The van der Waals surface area contributed by atoms with E-state index in [1.165, 1.54) is 6.42 Å². The van der Waals surface area contributed by atoms with Crippen molar-refractivity contribution in [3.05, 3.63) is 24.3 Å². The summed E-state index contributed by atoms with van der Waals surface area (Å²) in [4.78, 5) is 2.43. The van der Waals surface area contributed by atoms with Gasteiger partial charge in [-0.2, -0.15) is 0 Å².